The summed E-state index contributed by atoms with van der Waals surface area (Å²) in [5.74, 6) is -0.381. The zero-order chi connectivity index (χ0) is 22.1. The third-order valence-electron chi connectivity index (χ3n) is 4.65. The SMILES string of the molecule is Cc1sc2ncn(CCC(=O)Nc3ccc(C(=O)NC(C)(C)C)cc3)c(=O)c2c1C. The first-order valence-corrected chi connectivity index (χ1v) is 10.5. The quantitative estimate of drug-likeness (QED) is 0.651. The standard InChI is InChI=1S/C22H26N4O3S/c1-13-14(2)30-20-18(13)21(29)26(12-23-20)11-10-17(27)24-16-8-6-15(7-9-16)19(28)25-22(3,4)5/h6-9,12H,10-11H2,1-5H3,(H,24,27)(H,25,28). The van der Waals surface area contributed by atoms with E-state index in [1.165, 1.54) is 22.2 Å². The minimum atomic E-state index is -0.319. The molecule has 0 bridgehead atoms. The molecule has 0 aliphatic carbocycles. The molecule has 0 atom stereocenters. The first kappa shape index (κ1) is 21.7. The summed E-state index contributed by atoms with van der Waals surface area (Å²) in [5, 5.41) is 6.32. The van der Waals surface area contributed by atoms with E-state index in [4.69, 9.17) is 0 Å². The maximum absolute atomic E-state index is 12.7. The molecule has 0 radical (unpaired) electrons. The van der Waals surface area contributed by atoms with Gasteiger partial charge in [-0.15, -0.1) is 11.3 Å². The van der Waals surface area contributed by atoms with E-state index >= 15 is 0 Å². The molecule has 2 aromatic heterocycles. The van der Waals surface area contributed by atoms with Crippen molar-refractivity contribution in [2.75, 3.05) is 5.32 Å². The van der Waals surface area contributed by atoms with E-state index in [1.807, 2.05) is 34.6 Å². The first-order valence-electron chi connectivity index (χ1n) is 9.73. The number of aromatic nitrogens is 2. The molecule has 0 saturated heterocycles. The Labute approximate surface area is 179 Å². The molecule has 0 unspecified atom stereocenters. The average Bonchev–Trinajstić information content (AvgIpc) is 2.95. The second-order valence-electron chi connectivity index (χ2n) is 8.29. The zero-order valence-electron chi connectivity index (χ0n) is 17.8. The lowest BCUT2D eigenvalue weighted by molar-refractivity contribution is -0.116. The van der Waals surface area contributed by atoms with Crippen molar-refractivity contribution in [3.05, 3.63) is 57.0 Å². The third kappa shape index (κ3) is 4.94. The predicted molar refractivity (Wildman–Crippen MR) is 120 cm³/mol. The third-order valence-corrected chi connectivity index (χ3v) is 5.77. The number of nitrogens with zero attached hydrogens (tertiary/aromatic N) is 2. The summed E-state index contributed by atoms with van der Waals surface area (Å²) in [6.45, 7) is 9.88. The second kappa shape index (κ2) is 8.39. The number of hydrogen-bond acceptors (Lipinski definition) is 5. The number of carbonyl (C=O) groups is 2. The van der Waals surface area contributed by atoms with E-state index < -0.39 is 0 Å². The van der Waals surface area contributed by atoms with Crippen molar-refractivity contribution in [1.29, 1.82) is 0 Å². The largest absolute Gasteiger partial charge is 0.347 e. The fraction of sp³-hybridized carbons (Fsp3) is 0.364. The molecule has 0 spiro atoms. The van der Waals surface area contributed by atoms with Crippen LogP contribution in [0.5, 0.6) is 0 Å². The fourth-order valence-electron chi connectivity index (χ4n) is 2.99. The van der Waals surface area contributed by atoms with Crippen molar-refractivity contribution in [1.82, 2.24) is 14.9 Å². The van der Waals surface area contributed by atoms with Crippen LogP contribution in [0.3, 0.4) is 0 Å². The molecule has 158 valence electrons. The van der Waals surface area contributed by atoms with E-state index in [-0.39, 0.29) is 35.9 Å². The minimum Gasteiger partial charge on any atom is -0.347 e. The van der Waals surface area contributed by atoms with Gasteiger partial charge < -0.3 is 10.6 Å². The van der Waals surface area contributed by atoms with Gasteiger partial charge in [-0.1, -0.05) is 0 Å². The number of carbonyl (C=O) groups excluding carboxylic acids is 2. The Morgan fingerprint density at radius 3 is 2.43 bits per heavy atom. The maximum Gasteiger partial charge on any atom is 0.262 e. The zero-order valence-corrected chi connectivity index (χ0v) is 18.6. The lowest BCUT2D eigenvalue weighted by Crippen LogP contribution is -2.40. The fourth-order valence-corrected chi connectivity index (χ4v) is 3.98. The van der Waals surface area contributed by atoms with Gasteiger partial charge >= 0.3 is 0 Å². The van der Waals surface area contributed by atoms with Crippen LogP contribution in [0.1, 0.15) is 48.0 Å². The number of rotatable bonds is 5. The van der Waals surface area contributed by atoms with Gasteiger partial charge in [0.25, 0.3) is 11.5 Å². The summed E-state index contributed by atoms with van der Waals surface area (Å²) in [5.41, 5.74) is 1.62. The molecular formula is C22H26N4O3S. The molecule has 30 heavy (non-hydrogen) atoms. The van der Waals surface area contributed by atoms with Gasteiger partial charge in [-0.2, -0.15) is 0 Å². The Balaban J connectivity index is 1.62. The summed E-state index contributed by atoms with van der Waals surface area (Å²) in [6.07, 6.45) is 1.64. The van der Waals surface area contributed by atoms with Crippen molar-refractivity contribution in [2.45, 2.75) is 53.1 Å². The van der Waals surface area contributed by atoms with Gasteiger partial charge in [0.1, 0.15) is 4.83 Å². The van der Waals surface area contributed by atoms with Crippen molar-refractivity contribution in [3.63, 3.8) is 0 Å². The predicted octanol–water partition coefficient (Wildman–Crippen LogP) is 3.63. The Morgan fingerprint density at radius 1 is 1.13 bits per heavy atom. The van der Waals surface area contributed by atoms with Crippen molar-refractivity contribution in [3.8, 4) is 0 Å². The highest BCUT2D eigenvalue weighted by Gasteiger charge is 2.15. The van der Waals surface area contributed by atoms with Gasteiger partial charge in [0, 0.05) is 34.6 Å². The van der Waals surface area contributed by atoms with E-state index in [0.717, 1.165) is 15.3 Å². The highest BCUT2D eigenvalue weighted by atomic mass is 32.1. The molecule has 0 fully saturated rings. The lowest BCUT2D eigenvalue weighted by atomic mass is 10.1. The van der Waals surface area contributed by atoms with E-state index in [1.54, 1.807) is 24.3 Å². The molecule has 7 nitrogen and oxygen atoms in total. The number of nitrogens with one attached hydrogen (secondary N) is 2. The normalized spacial score (nSPS) is 11.5. The molecular weight excluding hydrogens is 400 g/mol. The minimum absolute atomic E-state index is 0.121. The van der Waals surface area contributed by atoms with Crippen LogP contribution in [0.4, 0.5) is 5.69 Å². The molecule has 2 heterocycles. The van der Waals surface area contributed by atoms with E-state index in [0.29, 0.717) is 16.6 Å². The Hall–Kier alpha value is -3.00. The lowest BCUT2D eigenvalue weighted by Gasteiger charge is -2.20. The van der Waals surface area contributed by atoms with Gasteiger partial charge in [0.05, 0.1) is 11.7 Å². The second-order valence-corrected chi connectivity index (χ2v) is 9.49. The number of thiophene rings is 1. The van der Waals surface area contributed by atoms with Crippen molar-refractivity contribution in [2.24, 2.45) is 0 Å². The van der Waals surface area contributed by atoms with E-state index in [2.05, 4.69) is 15.6 Å². The molecule has 3 aromatic rings. The first-order chi connectivity index (χ1) is 14.0. The topological polar surface area (TPSA) is 93.1 Å². The van der Waals surface area contributed by atoms with Crippen LogP contribution >= 0.6 is 11.3 Å². The summed E-state index contributed by atoms with van der Waals surface area (Å²) in [4.78, 5) is 43.3. The Kier molecular flexibility index (Phi) is 6.07. The molecule has 0 aliphatic rings. The Bertz CT molecular complexity index is 1150. The summed E-state index contributed by atoms with van der Waals surface area (Å²) < 4.78 is 1.47. The number of hydrogen-bond donors (Lipinski definition) is 2. The van der Waals surface area contributed by atoms with Crippen LogP contribution in [0.15, 0.2) is 35.4 Å². The van der Waals surface area contributed by atoms with E-state index in [9.17, 15) is 14.4 Å². The number of aryl methyl sites for hydroxylation is 3. The highest BCUT2D eigenvalue weighted by molar-refractivity contribution is 7.18. The molecule has 2 amide bonds. The summed E-state index contributed by atoms with van der Waals surface area (Å²) in [6, 6.07) is 6.71. The van der Waals surface area contributed by atoms with Gasteiger partial charge in [-0.25, -0.2) is 4.98 Å². The van der Waals surface area contributed by atoms with Crippen LogP contribution < -0.4 is 16.2 Å². The molecule has 8 heteroatoms. The smallest absolute Gasteiger partial charge is 0.262 e. The van der Waals surface area contributed by atoms with Crippen LogP contribution in [-0.4, -0.2) is 26.9 Å². The van der Waals surface area contributed by atoms with Gasteiger partial charge in [-0.05, 0) is 64.4 Å². The van der Waals surface area contributed by atoms with Crippen LogP contribution in [0, 0.1) is 13.8 Å². The molecule has 0 saturated carbocycles. The molecule has 2 N–H and O–H groups in total. The maximum atomic E-state index is 12.7. The summed E-state index contributed by atoms with van der Waals surface area (Å²) in [7, 11) is 0. The number of benzene rings is 1. The van der Waals surface area contributed by atoms with Gasteiger partial charge in [-0.3, -0.25) is 19.0 Å². The number of anilines is 1. The average molecular weight is 427 g/mol. The van der Waals surface area contributed by atoms with Gasteiger partial charge in [0.15, 0.2) is 0 Å². The molecule has 0 aliphatic heterocycles. The summed E-state index contributed by atoms with van der Waals surface area (Å²) >= 11 is 1.50. The van der Waals surface area contributed by atoms with Crippen LogP contribution in [0.25, 0.3) is 10.2 Å². The number of fused-ring (bicyclic) bond motifs is 1. The van der Waals surface area contributed by atoms with Crippen molar-refractivity contribution >= 4 is 39.1 Å². The monoisotopic (exact) mass is 426 g/mol. The Morgan fingerprint density at radius 2 is 1.80 bits per heavy atom. The molecule has 3 rings (SSSR count). The van der Waals surface area contributed by atoms with Crippen LogP contribution in [-0.2, 0) is 11.3 Å². The highest BCUT2D eigenvalue weighted by Crippen LogP contribution is 2.25. The number of amides is 2. The molecule has 1 aromatic carbocycles. The van der Waals surface area contributed by atoms with Crippen LogP contribution in [0.2, 0.25) is 0 Å². The van der Waals surface area contributed by atoms with Gasteiger partial charge in [0.2, 0.25) is 5.91 Å². The van der Waals surface area contributed by atoms with Crippen molar-refractivity contribution < 1.29 is 9.59 Å².